The molecule has 1 heterocycles. The van der Waals surface area contributed by atoms with Gasteiger partial charge in [0.1, 0.15) is 0 Å². The summed E-state index contributed by atoms with van der Waals surface area (Å²) < 4.78 is 32.5. The van der Waals surface area contributed by atoms with E-state index in [0.29, 0.717) is 6.54 Å². The molecule has 1 aromatic carbocycles. The van der Waals surface area contributed by atoms with Gasteiger partial charge in [-0.3, -0.25) is 4.90 Å². The Balaban J connectivity index is 1.97. The summed E-state index contributed by atoms with van der Waals surface area (Å²) in [6.45, 7) is 4.94. The number of nitrogens with two attached hydrogens (primary N) is 1. The highest BCUT2D eigenvalue weighted by Crippen LogP contribution is 2.20. The predicted molar refractivity (Wildman–Crippen MR) is 74.4 cm³/mol. The molecule has 0 amide bonds. The minimum atomic E-state index is -0.847. The SMILES string of the molecule is CCN(CC1CCCO1)CC(N)c1cccc(F)c1F. The molecule has 0 aliphatic carbocycles. The molecule has 20 heavy (non-hydrogen) atoms. The lowest BCUT2D eigenvalue weighted by molar-refractivity contribution is 0.0728. The van der Waals surface area contributed by atoms with Crippen molar-refractivity contribution < 1.29 is 13.5 Å². The van der Waals surface area contributed by atoms with E-state index in [-0.39, 0.29) is 11.7 Å². The first-order valence-electron chi connectivity index (χ1n) is 7.15. The molecule has 2 N–H and O–H groups in total. The zero-order valence-electron chi connectivity index (χ0n) is 11.8. The van der Waals surface area contributed by atoms with Crippen LogP contribution in [0.1, 0.15) is 31.4 Å². The summed E-state index contributed by atoms with van der Waals surface area (Å²) >= 11 is 0. The smallest absolute Gasteiger partial charge is 0.163 e. The molecule has 0 bridgehead atoms. The van der Waals surface area contributed by atoms with Crippen molar-refractivity contribution >= 4 is 0 Å². The first kappa shape index (κ1) is 15.4. The van der Waals surface area contributed by atoms with Crippen LogP contribution in [0.2, 0.25) is 0 Å². The van der Waals surface area contributed by atoms with E-state index in [4.69, 9.17) is 10.5 Å². The van der Waals surface area contributed by atoms with Gasteiger partial charge in [0.25, 0.3) is 0 Å². The number of halogens is 2. The standard InChI is InChI=1S/C15H22F2N2O/c1-2-19(9-11-5-4-8-20-11)10-14(18)12-6-3-7-13(16)15(12)17/h3,6-7,11,14H,2,4-5,8-10,18H2,1H3. The quantitative estimate of drug-likeness (QED) is 0.872. The van der Waals surface area contributed by atoms with E-state index >= 15 is 0 Å². The summed E-state index contributed by atoms with van der Waals surface area (Å²) in [7, 11) is 0. The lowest BCUT2D eigenvalue weighted by atomic mass is 10.1. The topological polar surface area (TPSA) is 38.5 Å². The Bertz CT molecular complexity index is 436. The normalized spacial score (nSPS) is 20.6. The van der Waals surface area contributed by atoms with Gasteiger partial charge >= 0.3 is 0 Å². The molecule has 0 aromatic heterocycles. The van der Waals surface area contributed by atoms with Crippen molar-refractivity contribution in [3.8, 4) is 0 Å². The van der Waals surface area contributed by atoms with Gasteiger partial charge in [0, 0.05) is 31.3 Å². The molecular formula is C15H22F2N2O. The van der Waals surface area contributed by atoms with Crippen molar-refractivity contribution in [3.05, 3.63) is 35.4 Å². The predicted octanol–water partition coefficient (Wildman–Crippen LogP) is 2.47. The van der Waals surface area contributed by atoms with Crippen LogP contribution >= 0.6 is 0 Å². The summed E-state index contributed by atoms with van der Waals surface area (Å²) in [4.78, 5) is 2.13. The van der Waals surface area contributed by atoms with Gasteiger partial charge in [-0.1, -0.05) is 19.1 Å². The van der Waals surface area contributed by atoms with E-state index in [9.17, 15) is 8.78 Å². The largest absolute Gasteiger partial charge is 0.377 e. The Hall–Kier alpha value is -1.04. The van der Waals surface area contributed by atoms with E-state index in [1.54, 1.807) is 6.07 Å². The summed E-state index contributed by atoms with van der Waals surface area (Å²) in [5.41, 5.74) is 6.26. The van der Waals surface area contributed by atoms with E-state index in [1.165, 1.54) is 6.07 Å². The Labute approximate surface area is 118 Å². The van der Waals surface area contributed by atoms with E-state index in [0.717, 1.165) is 38.6 Å². The van der Waals surface area contributed by atoms with Crippen molar-refractivity contribution in [2.45, 2.75) is 31.9 Å². The third kappa shape index (κ3) is 3.75. The van der Waals surface area contributed by atoms with Crippen molar-refractivity contribution in [2.75, 3.05) is 26.2 Å². The van der Waals surface area contributed by atoms with E-state index in [1.807, 2.05) is 6.92 Å². The van der Waals surface area contributed by atoms with Crippen LogP contribution in [-0.4, -0.2) is 37.2 Å². The fourth-order valence-corrected chi connectivity index (χ4v) is 2.59. The van der Waals surface area contributed by atoms with Crippen LogP contribution in [-0.2, 0) is 4.74 Å². The molecule has 3 nitrogen and oxygen atoms in total. The second kappa shape index (κ2) is 7.11. The van der Waals surface area contributed by atoms with Crippen LogP contribution in [0.25, 0.3) is 0 Å². The summed E-state index contributed by atoms with van der Waals surface area (Å²) in [6, 6.07) is 3.61. The van der Waals surface area contributed by atoms with Crippen molar-refractivity contribution in [1.82, 2.24) is 4.90 Å². The lowest BCUT2D eigenvalue weighted by Crippen LogP contribution is -2.37. The van der Waals surface area contributed by atoms with Gasteiger partial charge in [-0.25, -0.2) is 8.78 Å². The molecule has 1 aromatic rings. The molecule has 0 saturated carbocycles. The minimum Gasteiger partial charge on any atom is -0.377 e. The monoisotopic (exact) mass is 284 g/mol. The summed E-state index contributed by atoms with van der Waals surface area (Å²) in [5, 5.41) is 0. The van der Waals surface area contributed by atoms with Gasteiger partial charge < -0.3 is 10.5 Å². The van der Waals surface area contributed by atoms with Gasteiger partial charge in [0.05, 0.1) is 6.10 Å². The van der Waals surface area contributed by atoms with Crippen LogP contribution in [0.15, 0.2) is 18.2 Å². The average Bonchev–Trinajstić information content (AvgIpc) is 2.93. The van der Waals surface area contributed by atoms with Gasteiger partial charge in [-0.15, -0.1) is 0 Å². The van der Waals surface area contributed by atoms with Gasteiger partial charge in [-0.2, -0.15) is 0 Å². The highest BCUT2D eigenvalue weighted by Gasteiger charge is 2.21. The zero-order valence-corrected chi connectivity index (χ0v) is 11.8. The van der Waals surface area contributed by atoms with Gasteiger partial charge in [-0.05, 0) is 25.5 Å². The third-order valence-electron chi connectivity index (χ3n) is 3.77. The lowest BCUT2D eigenvalue weighted by Gasteiger charge is -2.27. The van der Waals surface area contributed by atoms with Gasteiger partial charge in [0.2, 0.25) is 0 Å². The number of rotatable bonds is 6. The summed E-state index contributed by atoms with van der Waals surface area (Å²) in [6.07, 6.45) is 2.38. The highest BCUT2D eigenvalue weighted by molar-refractivity contribution is 5.22. The fourth-order valence-electron chi connectivity index (χ4n) is 2.59. The number of likely N-dealkylation sites (N-methyl/N-ethyl adjacent to an activating group) is 1. The maximum Gasteiger partial charge on any atom is 0.163 e. The Morgan fingerprint density at radius 1 is 1.45 bits per heavy atom. The first-order valence-corrected chi connectivity index (χ1v) is 7.15. The van der Waals surface area contributed by atoms with E-state index < -0.39 is 17.7 Å². The zero-order chi connectivity index (χ0) is 14.5. The molecular weight excluding hydrogens is 262 g/mol. The molecule has 0 radical (unpaired) electrons. The number of hydrogen-bond acceptors (Lipinski definition) is 3. The van der Waals surface area contributed by atoms with Crippen molar-refractivity contribution in [1.29, 1.82) is 0 Å². The van der Waals surface area contributed by atoms with E-state index in [2.05, 4.69) is 4.90 Å². The Morgan fingerprint density at radius 3 is 2.90 bits per heavy atom. The fraction of sp³-hybridized carbons (Fsp3) is 0.600. The number of ether oxygens (including phenoxy) is 1. The first-order chi connectivity index (χ1) is 9.61. The molecule has 1 saturated heterocycles. The number of hydrogen-bond donors (Lipinski definition) is 1. The maximum absolute atomic E-state index is 13.7. The summed E-state index contributed by atoms with van der Waals surface area (Å²) in [5.74, 6) is -1.69. The van der Waals surface area contributed by atoms with Crippen molar-refractivity contribution in [3.63, 3.8) is 0 Å². The van der Waals surface area contributed by atoms with Crippen molar-refractivity contribution in [2.24, 2.45) is 5.73 Å². The molecule has 5 heteroatoms. The van der Waals surface area contributed by atoms with Gasteiger partial charge in [0.15, 0.2) is 11.6 Å². The molecule has 0 spiro atoms. The van der Waals surface area contributed by atoms with Crippen LogP contribution in [0, 0.1) is 11.6 Å². The molecule has 2 atom stereocenters. The molecule has 2 unspecified atom stereocenters. The second-order valence-electron chi connectivity index (χ2n) is 5.24. The molecule has 1 aliphatic heterocycles. The minimum absolute atomic E-state index is 0.232. The average molecular weight is 284 g/mol. The molecule has 1 fully saturated rings. The van der Waals surface area contributed by atoms with Crippen LogP contribution in [0.3, 0.4) is 0 Å². The second-order valence-corrected chi connectivity index (χ2v) is 5.24. The Kier molecular flexibility index (Phi) is 5.46. The Morgan fingerprint density at radius 2 is 2.25 bits per heavy atom. The van der Waals surface area contributed by atoms with Crippen LogP contribution < -0.4 is 5.73 Å². The molecule has 112 valence electrons. The highest BCUT2D eigenvalue weighted by atomic mass is 19.2. The molecule has 2 rings (SSSR count). The number of benzene rings is 1. The molecule has 1 aliphatic rings. The number of nitrogens with zero attached hydrogens (tertiary/aromatic N) is 1. The van der Waals surface area contributed by atoms with Crippen LogP contribution in [0.4, 0.5) is 8.78 Å². The maximum atomic E-state index is 13.7. The van der Waals surface area contributed by atoms with Crippen LogP contribution in [0.5, 0.6) is 0 Å². The third-order valence-corrected chi connectivity index (χ3v) is 3.77.